The number of sulfone groups is 2. The molecule has 0 aliphatic carbocycles. The number of benzene rings is 2. The van der Waals surface area contributed by atoms with Crippen molar-refractivity contribution < 1.29 is 16.8 Å². The van der Waals surface area contributed by atoms with E-state index in [1.165, 1.54) is 67.1 Å². The zero-order chi connectivity index (χ0) is 19.3. The minimum absolute atomic E-state index is 0.106. The van der Waals surface area contributed by atoms with Crippen molar-refractivity contribution >= 4 is 31.7 Å². The minimum Gasteiger partial charge on any atom is -0.259 e. The van der Waals surface area contributed by atoms with Crippen molar-refractivity contribution in [1.82, 2.24) is 9.97 Å². The van der Waals surface area contributed by atoms with Gasteiger partial charge in [0, 0.05) is 18.6 Å². The third kappa shape index (κ3) is 4.09. The van der Waals surface area contributed by atoms with Crippen LogP contribution in [0.5, 0.6) is 0 Å². The normalized spacial score (nSPS) is 12.5. The van der Waals surface area contributed by atoms with Crippen molar-refractivity contribution in [2.45, 2.75) is 14.4 Å². The summed E-state index contributed by atoms with van der Waals surface area (Å²) in [4.78, 5) is 11.4. The molecule has 0 radical (unpaired) electrons. The summed E-state index contributed by atoms with van der Waals surface area (Å²) in [5.74, 6) is 0.106. The highest BCUT2D eigenvalue weighted by Gasteiger charge is 2.38. The van der Waals surface area contributed by atoms with E-state index in [0.29, 0.717) is 0 Å². The summed E-state index contributed by atoms with van der Waals surface area (Å²) >= 11 is 0. The second kappa shape index (κ2) is 7.77. The number of aliphatic imine (C=N–C) groups is 1. The Morgan fingerprint density at radius 1 is 0.778 bits per heavy atom. The van der Waals surface area contributed by atoms with Gasteiger partial charge in [-0.3, -0.25) is 4.98 Å². The molecule has 1 aromatic heterocycles. The van der Waals surface area contributed by atoms with E-state index in [-0.39, 0.29) is 15.6 Å². The van der Waals surface area contributed by atoms with Crippen LogP contribution in [-0.4, -0.2) is 37.6 Å². The molecule has 0 aliphatic rings. The zero-order valence-corrected chi connectivity index (χ0v) is 15.6. The highest BCUT2D eigenvalue weighted by atomic mass is 32.3. The molecule has 0 fully saturated rings. The van der Waals surface area contributed by atoms with Gasteiger partial charge in [0.05, 0.1) is 16.0 Å². The summed E-state index contributed by atoms with van der Waals surface area (Å²) in [6.07, 6.45) is 4.99. The van der Waals surface area contributed by atoms with E-state index in [1.54, 1.807) is 12.1 Å². The lowest BCUT2D eigenvalue weighted by molar-refractivity contribution is 0.584. The molecule has 0 bridgehead atoms. The van der Waals surface area contributed by atoms with Gasteiger partial charge in [-0.25, -0.2) is 26.8 Å². The van der Waals surface area contributed by atoms with Crippen molar-refractivity contribution in [3.05, 3.63) is 79.3 Å². The Morgan fingerprint density at radius 3 is 1.74 bits per heavy atom. The third-order valence-electron chi connectivity index (χ3n) is 3.63. The van der Waals surface area contributed by atoms with E-state index in [2.05, 4.69) is 15.0 Å². The van der Waals surface area contributed by atoms with Crippen LogP contribution in [0, 0.1) is 0 Å². The molecule has 1 heterocycles. The third-order valence-corrected chi connectivity index (χ3v) is 8.48. The van der Waals surface area contributed by atoms with Crippen LogP contribution in [0.1, 0.15) is 0 Å². The molecule has 138 valence electrons. The van der Waals surface area contributed by atoms with Gasteiger partial charge in [0.1, 0.15) is 0 Å². The van der Waals surface area contributed by atoms with Gasteiger partial charge in [0.25, 0.3) is 0 Å². The fourth-order valence-corrected chi connectivity index (χ4v) is 6.36. The summed E-state index contributed by atoms with van der Waals surface area (Å²) < 4.78 is 50.4. The molecule has 0 amide bonds. The van der Waals surface area contributed by atoms with Crippen molar-refractivity contribution in [3.8, 4) is 0 Å². The van der Waals surface area contributed by atoms with Gasteiger partial charge in [-0.2, -0.15) is 0 Å². The molecule has 3 rings (SSSR count). The standard InChI is InChI=1S/C18H15N3O4S2/c22-26(23,15-7-3-1-4-8-15)18(14-21-17-13-19-11-12-20-17)27(24,25)16-9-5-2-6-10-16/h1-14,18H. The summed E-state index contributed by atoms with van der Waals surface area (Å²) in [5.41, 5.74) is 0. The van der Waals surface area contributed by atoms with Crippen LogP contribution in [0.15, 0.2) is 94.0 Å². The average molecular weight is 401 g/mol. The van der Waals surface area contributed by atoms with Gasteiger partial charge < -0.3 is 0 Å². The van der Waals surface area contributed by atoms with Crippen molar-refractivity contribution in [2.24, 2.45) is 4.99 Å². The van der Waals surface area contributed by atoms with E-state index >= 15 is 0 Å². The molecular weight excluding hydrogens is 386 g/mol. The predicted molar refractivity (Wildman–Crippen MR) is 101 cm³/mol. The quantitative estimate of drug-likeness (QED) is 0.587. The molecule has 0 unspecified atom stereocenters. The molecule has 0 aliphatic heterocycles. The van der Waals surface area contributed by atoms with Gasteiger partial charge in [-0.1, -0.05) is 36.4 Å². The molecule has 3 aromatic rings. The van der Waals surface area contributed by atoms with Gasteiger partial charge in [0.15, 0.2) is 5.82 Å². The number of aromatic nitrogens is 2. The van der Waals surface area contributed by atoms with Gasteiger partial charge in [-0.05, 0) is 24.3 Å². The first-order valence-electron chi connectivity index (χ1n) is 7.80. The lowest BCUT2D eigenvalue weighted by atomic mass is 10.4. The number of nitrogens with zero attached hydrogens (tertiary/aromatic N) is 3. The van der Waals surface area contributed by atoms with Crippen LogP contribution in [-0.2, 0) is 19.7 Å². The van der Waals surface area contributed by atoms with Crippen molar-refractivity contribution in [2.75, 3.05) is 0 Å². The van der Waals surface area contributed by atoms with Crippen LogP contribution < -0.4 is 0 Å². The lowest BCUT2D eigenvalue weighted by Crippen LogP contribution is -2.32. The van der Waals surface area contributed by atoms with E-state index in [4.69, 9.17) is 0 Å². The molecular formula is C18H15N3O4S2. The average Bonchev–Trinajstić information content (AvgIpc) is 2.70. The molecule has 0 saturated heterocycles. The van der Waals surface area contributed by atoms with Crippen LogP contribution in [0.3, 0.4) is 0 Å². The Kier molecular flexibility index (Phi) is 5.43. The second-order valence-electron chi connectivity index (χ2n) is 5.43. The molecule has 0 saturated carbocycles. The molecule has 9 heteroatoms. The highest BCUT2D eigenvalue weighted by molar-refractivity contribution is 8.10. The van der Waals surface area contributed by atoms with Gasteiger partial charge >= 0.3 is 0 Å². The topological polar surface area (TPSA) is 106 Å². The SMILES string of the molecule is O=S(=O)(c1ccccc1)C(C=Nc1cnccn1)S(=O)(=O)c1ccccc1. The monoisotopic (exact) mass is 401 g/mol. The largest absolute Gasteiger partial charge is 0.259 e. The van der Waals surface area contributed by atoms with Crippen LogP contribution in [0.2, 0.25) is 0 Å². The van der Waals surface area contributed by atoms with Crippen LogP contribution in [0.25, 0.3) is 0 Å². The summed E-state index contributed by atoms with van der Waals surface area (Å²) in [7, 11) is -8.53. The molecule has 7 nitrogen and oxygen atoms in total. The number of hydrogen-bond donors (Lipinski definition) is 0. The van der Waals surface area contributed by atoms with Gasteiger partial charge in [0.2, 0.25) is 24.3 Å². The van der Waals surface area contributed by atoms with Crippen molar-refractivity contribution in [1.29, 1.82) is 0 Å². The molecule has 27 heavy (non-hydrogen) atoms. The highest BCUT2D eigenvalue weighted by Crippen LogP contribution is 2.25. The summed E-state index contributed by atoms with van der Waals surface area (Å²) in [5, 5.41) is 0. The zero-order valence-electron chi connectivity index (χ0n) is 14.0. The number of rotatable bonds is 6. The Bertz CT molecular complexity index is 1060. The van der Waals surface area contributed by atoms with E-state index in [9.17, 15) is 16.8 Å². The fraction of sp³-hybridized carbons (Fsp3) is 0.0556. The van der Waals surface area contributed by atoms with E-state index < -0.39 is 24.3 Å². The molecule has 2 aromatic carbocycles. The van der Waals surface area contributed by atoms with Gasteiger partial charge in [-0.15, -0.1) is 0 Å². The second-order valence-corrected chi connectivity index (χ2v) is 9.86. The molecule has 0 N–H and O–H groups in total. The van der Waals surface area contributed by atoms with Crippen LogP contribution >= 0.6 is 0 Å². The first-order chi connectivity index (χ1) is 12.9. The van der Waals surface area contributed by atoms with Crippen molar-refractivity contribution in [3.63, 3.8) is 0 Å². The Labute approximate surface area is 157 Å². The first-order valence-corrected chi connectivity index (χ1v) is 10.9. The van der Waals surface area contributed by atoms with E-state index in [1.807, 2.05) is 0 Å². The first kappa shape index (κ1) is 18.9. The fourth-order valence-electron chi connectivity index (χ4n) is 2.31. The molecule has 0 spiro atoms. The minimum atomic E-state index is -4.26. The Hall–Kier alpha value is -2.91. The van der Waals surface area contributed by atoms with Crippen LogP contribution in [0.4, 0.5) is 5.82 Å². The summed E-state index contributed by atoms with van der Waals surface area (Å²) in [6, 6.07) is 14.8. The number of hydrogen-bond acceptors (Lipinski definition) is 7. The maximum Gasteiger partial charge on any atom is 0.206 e. The Morgan fingerprint density at radius 2 is 1.30 bits per heavy atom. The maximum atomic E-state index is 13.1. The predicted octanol–water partition coefficient (Wildman–Crippen LogP) is 2.45. The maximum absolute atomic E-state index is 13.1. The summed E-state index contributed by atoms with van der Waals surface area (Å²) in [6.45, 7) is 0. The smallest absolute Gasteiger partial charge is 0.206 e. The molecule has 0 atom stereocenters. The Balaban J connectivity index is 2.14. The lowest BCUT2D eigenvalue weighted by Gasteiger charge is -2.15. The van der Waals surface area contributed by atoms with E-state index in [0.717, 1.165) is 6.21 Å².